The highest BCUT2D eigenvalue weighted by molar-refractivity contribution is 5.91. The monoisotopic (exact) mass is 296 g/mol. The molecule has 0 amide bonds. The van der Waals surface area contributed by atoms with Crippen LogP contribution in [-0.2, 0) is 4.74 Å². The van der Waals surface area contributed by atoms with Gasteiger partial charge in [-0.2, -0.15) is 5.26 Å². The van der Waals surface area contributed by atoms with Crippen LogP contribution in [0.2, 0.25) is 0 Å². The summed E-state index contributed by atoms with van der Waals surface area (Å²) in [7, 11) is 2.11. The van der Waals surface area contributed by atoms with Gasteiger partial charge in [-0.15, -0.1) is 0 Å². The summed E-state index contributed by atoms with van der Waals surface area (Å²) in [6, 6.07) is 12.0. The molecule has 22 heavy (non-hydrogen) atoms. The largest absolute Gasteiger partial charge is 0.379 e. The van der Waals surface area contributed by atoms with Crippen LogP contribution in [0.1, 0.15) is 12.6 Å². The second-order valence-electron chi connectivity index (χ2n) is 5.79. The van der Waals surface area contributed by atoms with Crippen molar-refractivity contribution in [2.45, 2.75) is 19.1 Å². The van der Waals surface area contributed by atoms with E-state index in [1.165, 1.54) is 0 Å². The Morgan fingerprint density at radius 1 is 1.45 bits per heavy atom. The van der Waals surface area contributed by atoms with Crippen LogP contribution in [0.3, 0.4) is 0 Å². The van der Waals surface area contributed by atoms with Crippen LogP contribution in [-0.4, -0.2) is 48.8 Å². The van der Waals surface area contributed by atoms with E-state index in [2.05, 4.69) is 35.2 Å². The number of hydrogen-bond donors (Lipinski definition) is 1. The lowest BCUT2D eigenvalue weighted by molar-refractivity contribution is -0.0259. The van der Waals surface area contributed by atoms with Gasteiger partial charge in [0.15, 0.2) is 0 Å². The first kappa shape index (κ1) is 14.8. The third-order valence-electron chi connectivity index (χ3n) is 4.07. The van der Waals surface area contributed by atoms with E-state index in [0.29, 0.717) is 5.69 Å². The number of aromatic nitrogens is 1. The van der Waals surface area contributed by atoms with Gasteiger partial charge in [-0.25, -0.2) is 4.98 Å². The topological polar surface area (TPSA) is 61.2 Å². The van der Waals surface area contributed by atoms with Gasteiger partial charge < -0.3 is 15.0 Å². The van der Waals surface area contributed by atoms with Gasteiger partial charge in [-0.1, -0.05) is 18.2 Å². The number of hydrogen-bond acceptors (Lipinski definition) is 5. The quantitative estimate of drug-likeness (QED) is 0.941. The van der Waals surface area contributed by atoms with Crippen molar-refractivity contribution in [2.24, 2.45) is 0 Å². The van der Waals surface area contributed by atoms with E-state index in [4.69, 9.17) is 10.00 Å². The molecule has 2 aromatic rings. The van der Waals surface area contributed by atoms with Gasteiger partial charge in [0.2, 0.25) is 0 Å². The molecule has 2 heterocycles. The van der Waals surface area contributed by atoms with Gasteiger partial charge in [0.05, 0.1) is 24.3 Å². The number of anilines is 1. The molecule has 5 heteroatoms. The van der Waals surface area contributed by atoms with E-state index in [1.54, 1.807) is 0 Å². The second kappa shape index (κ2) is 6.30. The molecular formula is C17H20N4O. The lowest BCUT2D eigenvalue weighted by atomic mass is 10.1. The minimum atomic E-state index is 0.135. The lowest BCUT2D eigenvalue weighted by Gasteiger charge is -2.34. The van der Waals surface area contributed by atoms with Gasteiger partial charge in [-0.3, -0.25) is 0 Å². The maximum Gasteiger partial charge on any atom is 0.143 e. The standard InChI is InChI=1S/C17H20N4O/c1-12(17-11-21(2)7-8-22-17)19-16-9-13(10-18)20-15-6-4-3-5-14(15)16/h3-6,9,12,17H,7-8,11H2,1-2H3,(H,19,20). The van der Waals surface area contributed by atoms with Gasteiger partial charge in [0, 0.05) is 24.2 Å². The zero-order valence-corrected chi connectivity index (χ0v) is 12.9. The fourth-order valence-corrected chi connectivity index (χ4v) is 2.80. The molecule has 2 atom stereocenters. The van der Waals surface area contributed by atoms with E-state index in [0.717, 1.165) is 36.3 Å². The molecule has 0 bridgehead atoms. The summed E-state index contributed by atoms with van der Waals surface area (Å²) in [5.74, 6) is 0. The normalized spacial score (nSPS) is 20.5. The molecule has 1 N–H and O–H groups in total. The smallest absolute Gasteiger partial charge is 0.143 e. The SMILES string of the molecule is CC(Nc1cc(C#N)nc2ccccc12)C1CN(C)CCO1. The van der Waals surface area contributed by atoms with E-state index in [-0.39, 0.29) is 12.1 Å². The van der Waals surface area contributed by atoms with Gasteiger partial charge >= 0.3 is 0 Å². The first-order valence-electron chi connectivity index (χ1n) is 7.54. The molecule has 1 aliphatic rings. The van der Waals surface area contributed by atoms with Crippen LogP contribution in [0, 0.1) is 11.3 Å². The van der Waals surface area contributed by atoms with Crippen LogP contribution >= 0.6 is 0 Å². The molecular weight excluding hydrogens is 276 g/mol. The van der Waals surface area contributed by atoms with Crippen LogP contribution < -0.4 is 5.32 Å². The van der Waals surface area contributed by atoms with Crippen molar-refractivity contribution < 1.29 is 4.74 Å². The first-order valence-corrected chi connectivity index (χ1v) is 7.54. The zero-order chi connectivity index (χ0) is 15.5. The molecule has 0 aliphatic carbocycles. The van der Waals surface area contributed by atoms with Gasteiger partial charge in [-0.05, 0) is 26.1 Å². The number of benzene rings is 1. The minimum absolute atomic E-state index is 0.135. The van der Waals surface area contributed by atoms with Crippen LogP contribution in [0.25, 0.3) is 10.9 Å². The van der Waals surface area contributed by atoms with Crippen molar-refractivity contribution in [1.82, 2.24) is 9.88 Å². The number of para-hydroxylation sites is 1. The number of fused-ring (bicyclic) bond motifs is 1. The van der Waals surface area contributed by atoms with Crippen molar-refractivity contribution in [1.29, 1.82) is 5.26 Å². The van der Waals surface area contributed by atoms with Crippen molar-refractivity contribution in [3.63, 3.8) is 0 Å². The summed E-state index contributed by atoms with van der Waals surface area (Å²) >= 11 is 0. The highest BCUT2D eigenvalue weighted by Crippen LogP contribution is 2.24. The second-order valence-corrected chi connectivity index (χ2v) is 5.79. The Balaban J connectivity index is 1.88. The Labute approximate surface area is 130 Å². The molecule has 3 rings (SSSR count). The zero-order valence-electron chi connectivity index (χ0n) is 12.9. The number of likely N-dealkylation sites (N-methyl/N-ethyl adjacent to an activating group) is 1. The Morgan fingerprint density at radius 3 is 3.05 bits per heavy atom. The fraction of sp³-hybridized carbons (Fsp3) is 0.412. The highest BCUT2D eigenvalue weighted by Gasteiger charge is 2.24. The number of nitriles is 1. The van der Waals surface area contributed by atoms with Crippen LogP contribution in [0.4, 0.5) is 5.69 Å². The number of pyridine rings is 1. The number of nitrogens with zero attached hydrogens (tertiary/aromatic N) is 3. The summed E-state index contributed by atoms with van der Waals surface area (Å²) in [5.41, 5.74) is 2.19. The summed E-state index contributed by atoms with van der Waals surface area (Å²) in [4.78, 5) is 6.62. The van der Waals surface area contributed by atoms with Crippen molar-refractivity contribution in [3.05, 3.63) is 36.0 Å². The van der Waals surface area contributed by atoms with Crippen molar-refractivity contribution in [3.8, 4) is 6.07 Å². The Kier molecular flexibility index (Phi) is 4.23. The predicted octanol–water partition coefficient (Wildman–Crippen LogP) is 2.24. The van der Waals surface area contributed by atoms with Gasteiger partial charge in [0.25, 0.3) is 0 Å². The number of ether oxygens (including phenoxy) is 1. The average molecular weight is 296 g/mol. The summed E-state index contributed by atoms with van der Waals surface area (Å²) < 4.78 is 5.87. The van der Waals surface area contributed by atoms with Gasteiger partial charge in [0.1, 0.15) is 11.8 Å². The summed E-state index contributed by atoms with van der Waals surface area (Å²) in [5, 5.41) is 13.7. The van der Waals surface area contributed by atoms with Crippen molar-refractivity contribution in [2.75, 3.05) is 32.1 Å². The van der Waals surface area contributed by atoms with E-state index in [1.807, 2.05) is 30.3 Å². The third kappa shape index (κ3) is 3.03. The highest BCUT2D eigenvalue weighted by atomic mass is 16.5. The summed E-state index contributed by atoms with van der Waals surface area (Å²) in [6.45, 7) is 4.75. The maximum atomic E-state index is 9.17. The predicted molar refractivity (Wildman–Crippen MR) is 86.8 cm³/mol. The molecule has 114 valence electrons. The fourth-order valence-electron chi connectivity index (χ4n) is 2.80. The molecule has 1 aromatic heterocycles. The molecule has 1 aromatic carbocycles. The molecule has 0 radical (unpaired) electrons. The Morgan fingerprint density at radius 2 is 2.27 bits per heavy atom. The molecule has 1 aliphatic heterocycles. The lowest BCUT2D eigenvalue weighted by Crippen LogP contribution is -2.47. The molecule has 5 nitrogen and oxygen atoms in total. The average Bonchev–Trinajstić information content (AvgIpc) is 2.54. The van der Waals surface area contributed by atoms with E-state index >= 15 is 0 Å². The van der Waals surface area contributed by atoms with E-state index < -0.39 is 0 Å². The van der Waals surface area contributed by atoms with Crippen molar-refractivity contribution >= 4 is 16.6 Å². The van der Waals surface area contributed by atoms with E-state index in [9.17, 15) is 0 Å². The number of rotatable bonds is 3. The molecule has 1 fully saturated rings. The van der Waals surface area contributed by atoms with Crippen LogP contribution in [0.15, 0.2) is 30.3 Å². The number of morpholine rings is 1. The Bertz CT molecular complexity index is 709. The maximum absolute atomic E-state index is 9.17. The molecule has 0 saturated carbocycles. The Hall–Kier alpha value is -2.16. The molecule has 1 saturated heterocycles. The number of nitrogens with one attached hydrogen (secondary N) is 1. The minimum Gasteiger partial charge on any atom is -0.379 e. The first-order chi connectivity index (χ1) is 10.7. The van der Waals surface area contributed by atoms with Crippen LogP contribution in [0.5, 0.6) is 0 Å². The third-order valence-corrected chi connectivity index (χ3v) is 4.07. The summed E-state index contributed by atoms with van der Waals surface area (Å²) in [6.07, 6.45) is 0.135. The molecule has 0 spiro atoms. The molecule has 2 unspecified atom stereocenters.